The second-order valence-corrected chi connectivity index (χ2v) is 5.56. The van der Waals surface area contributed by atoms with Crippen molar-refractivity contribution < 1.29 is 4.74 Å². The first kappa shape index (κ1) is 15.0. The van der Waals surface area contributed by atoms with E-state index in [4.69, 9.17) is 9.72 Å². The Kier molecular flexibility index (Phi) is 5.17. The Hall–Kier alpha value is -1.36. The van der Waals surface area contributed by atoms with Crippen molar-refractivity contribution >= 4 is 11.6 Å². The Morgan fingerprint density at radius 2 is 1.95 bits per heavy atom. The minimum Gasteiger partial charge on any atom is -0.378 e. The molecule has 0 amide bonds. The van der Waals surface area contributed by atoms with Gasteiger partial charge in [0.15, 0.2) is 0 Å². The summed E-state index contributed by atoms with van der Waals surface area (Å²) < 4.78 is 5.43. The molecule has 2 heterocycles. The van der Waals surface area contributed by atoms with Crippen molar-refractivity contribution in [1.82, 2.24) is 9.97 Å². The fraction of sp³-hybridized carbons (Fsp3) is 0.733. The van der Waals surface area contributed by atoms with Gasteiger partial charge in [-0.3, -0.25) is 0 Å². The number of rotatable bonds is 5. The highest BCUT2D eigenvalue weighted by atomic mass is 16.5. The van der Waals surface area contributed by atoms with Crippen LogP contribution in [0.5, 0.6) is 0 Å². The Morgan fingerprint density at radius 3 is 2.55 bits per heavy atom. The summed E-state index contributed by atoms with van der Waals surface area (Å²) in [6.45, 7) is 12.8. The standard InChI is InChI=1S/C15H26N4O/c1-5-6-16-14-12(4)15(18-13(17-14)11(2)3)19-7-9-20-10-8-19/h11H,5-10H2,1-4H3,(H,16,17,18). The van der Waals surface area contributed by atoms with Crippen LogP contribution in [0.25, 0.3) is 0 Å². The lowest BCUT2D eigenvalue weighted by molar-refractivity contribution is 0.122. The van der Waals surface area contributed by atoms with E-state index in [2.05, 4.69) is 42.9 Å². The number of nitrogens with one attached hydrogen (secondary N) is 1. The summed E-state index contributed by atoms with van der Waals surface area (Å²) in [6, 6.07) is 0. The molecule has 0 saturated carbocycles. The lowest BCUT2D eigenvalue weighted by Gasteiger charge is -2.30. The first-order valence-corrected chi connectivity index (χ1v) is 7.58. The molecule has 5 nitrogen and oxygen atoms in total. The van der Waals surface area contributed by atoms with Crippen LogP contribution in [0.2, 0.25) is 0 Å². The monoisotopic (exact) mass is 278 g/mol. The summed E-state index contributed by atoms with van der Waals surface area (Å²) in [4.78, 5) is 11.8. The van der Waals surface area contributed by atoms with Gasteiger partial charge in [-0.2, -0.15) is 0 Å². The van der Waals surface area contributed by atoms with Crippen LogP contribution >= 0.6 is 0 Å². The first-order chi connectivity index (χ1) is 9.63. The summed E-state index contributed by atoms with van der Waals surface area (Å²) in [5.41, 5.74) is 1.14. The molecule has 0 atom stereocenters. The molecule has 0 bridgehead atoms. The Balaban J connectivity index is 2.34. The van der Waals surface area contributed by atoms with Crippen LogP contribution in [0, 0.1) is 6.92 Å². The molecule has 1 aromatic rings. The topological polar surface area (TPSA) is 50.3 Å². The second-order valence-electron chi connectivity index (χ2n) is 5.56. The third kappa shape index (κ3) is 3.39. The predicted octanol–water partition coefficient (Wildman–Crippen LogP) is 2.57. The van der Waals surface area contributed by atoms with Crippen LogP contribution in [0.1, 0.15) is 44.5 Å². The maximum atomic E-state index is 5.43. The van der Waals surface area contributed by atoms with Crippen molar-refractivity contribution in [2.24, 2.45) is 0 Å². The Labute approximate surface area is 121 Å². The molecular weight excluding hydrogens is 252 g/mol. The van der Waals surface area contributed by atoms with E-state index in [1.54, 1.807) is 0 Å². The summed E-state index contributed by atoms with van der Waals surface area (Å²) in [5, 5.41) is 3.43. The van der Waals surface area contributed by atoms with E-state index in [1.165, 1.54) is 0 Å². The van der Waals surface area contributed by atoms with Gasteiger partial charge in [0.05, 0.1) is 13.2 Å². The van der Waals surface area contributed by atoms with Crippen LogP contribution in [-0.4, -0.2) is 42.8 Å². The molecule has 1 fully saturated rings. The molecule has 1 N–H and O–H groups in total. The molecule has 1 aliphatic heterocycles. The van der Waals surface area contributed by atoms with Gasteiger partial charge in [-0.1, -0.05) is 20.8 Å². The van der Waals surface area contributed by atoms with Gasteiger partial charge in [0, 0.05) is 31.1 Å². The summed E-state index contributed by atoms with van der Waals surface area (Å²) in [7, 11) is 0. The van der Waals surface area contributed by atoms with Crippen LogP contribution in [0.3, 0.4) is 0 Å². The third-order valence-corrected chi connectivity index (χ3v) is 3.51. The van der Waals surface area contributed by atoms with E-state index in [0.29, 0.717) is 5.92 Å². The van der Waals surface area contributed by atoms with Gasteiger partial charge in [0.2, 0.25) is 0 Å². The number of ether oxygens (including phenoxy) is 1. The van der Waals surface area contributed by atoms with Crippen LogP contribution in [-0.2, 0) is 4.74 Å². The summed E-state index contributed by atoms with van der Waals surface area (Å²) >= 11 is 0. The fourth-order valence-electron chi connectivity index (χ4n) is 2.28. The Bertz CT molecular complexity index is 442. The molecule has 2 rings (SSSR count). The van der Waals surface area contributed by atoms with Crippen molar-refractivity contribution in [2.45, 2.75) is 40.0 Å². The van der Waals surface area contributed by atoms with Crippen molar-refractivity contribution in [1.29, 1.82) is 0 Å². The van der Waals surface area contributed by atoms with Crippen molar-refractivity contribution in [3.63, 3.8) is 0 Å². The maximum Gasteiger partial charge on any atom is 0.137 e. The number of morpholine rings is 1. The van der Waals surface area contributed by atoms with Gasteiger partial charge >= 0.3 is 0 Å². The highest BCUT2D eigenvalue weighted by Crippen LogP contribution is 2.26. The van der Waals surface area contributed by atoms with Crippen molar-refractivity contribution in [3.05, 3.63) is 11.4 Å². The molecular formula is C15H26N4O. The van der Waals surface area contributed by atoms with Gasteiger partial charge in [0.1, 0.15) is 17.5 Å². The highest BCUT2D eigenvalue weighted by Gasteiger charge is 2.19. The minimum atomic E-state index is 0.331. The van der Waals surface area contributed by atoms with Gasteiger partial charge < -0.3 is 15.0 Å². The maximum absolute atomic E-state index is 5.43. The fourth-order valence-corrected chi connectivity index (χ4v) is 2.28. The van der Waals surface area contributed by atoms with Gasteiger partial charge in [-0.05, 0) is 13.3 Å². The smallest absolute Gasteiger partial charge is 0.137 e. The average Bonchev–Trinajstić information content (AvgIpc) is 2.47. The van der Waals surface area contributed by atoms with E-state index in [0.717, 1.165) is 62.3 Å². The van der Waals surface area contributed by atoms with E-state index in [-0.39, 0.29) is 0 Å². The predicted molar refractivity (Wildman–Crippen MR) is 82.7 cm³/mol. The number of hydrogen-bond donors (Lipinski definition) is 1. The number of anilines is 2. The average molecular weight is 278 g/mol. The zero-order valence-corrected chi connectivity index (χ0v) is 13.1. The molecule has 0 aromatic carbocycles. The minimum absolute atomic E-state index is 0.331. The quantitative estimate of drug-likeness (QED) is 0.897. The molecule has 5 heteroatoms. The normalized spacial score (nSPS) is 15.8. The number of nitrogens with zero attached hydrogens (tertiary/aromatic N) is 3. The third-order valence-electron chi connectivity index (χ3n) is 3.51. The molecule has 1 aromatic heterocycles. The molecule has 20 heavy (non-hydrogen) atoms. The van der Waals surface area contributed by atoms with Crippen LogP contribution < -0.4 is 10.2 Å². The molecule has 1 aliphatic rings. The zero-order chi connectivity index (χ0) is 14.5. The van der Waals surface area contributed by atoms with Gasteiger partial charge in [-0.15, -0.1) is 0 Å². The van der Waals surface area contributed by atoms with Gasteiger partial charge in [-0.25, -0.2) is 9.97 Å². The molecule has 0 radical (unpaired) electrons. The number of hydrogen-bond acceptors (Lipinski definition) is 5. The number of aromatic nitrogens is 2. The van der Waals surface area contributed by atoms with E-state index < -0.39 is 0 Å². The largest absolute Gasteiger partial charge is 0.378 e. The van der Waals surface area contributed by atoms with Gasteiger partial charge in [0.25, 0.3) is 0 Å². The lowest BCUT2D eigenvalue weighted by Crippen LogP contribution is -2.37. The molecule has 0 unspecified atom stereocenters. The second kappa shape index (κ2) is 6.88. The SMILES string of the molecule is CCCNc1nc(C(C)C)nc(N2CCOCC2)c1C. The summed E-state index contributed by atoms with van der Waals surface area (Å²) in [6.07, 6.45) is 1.09. The first-order valence-electron chi connectivity index (χ1n) is 7.58. The lowest BCUT2D eigenvalue weighted by atomic mass is 10.2. The highest BCUT2D eigenvalue weighted by molar-refractivity contribution is 5.59. The van der Waals surface area contributed by atoms with E-state index in [9.17, 15) is 0 Å². The zero-order valence-electron chi connectivity index (χ0n) is 13.1. The molecule has 0 aliphatic carbocycles. The Morgan fingerprint density at radius 1 is 1.25 bits per heavy atom. The molecule has 0 spiro atoms. The van der Waals surface area contributed by atoms with E-state index >= 15 is 0 Å². The van der Waals surface area contributed by atoms with E-state index in [1.807, 2.05) is 0 Å². The van der Waals surface area contributed by atoms with Crippen molar-refractivity contribution in [2.75, 3.05) is 43.1 Å². The summed E-state index contributed by atoms with van der Waals surface area (Å²) in [5.74, 6) is 3.28. The van der Waals surface area contributed by atoms with Crippen LogP contribution in [0.4, 0.5) is 11.6 Å². The molecule has 1 saturated heterocycles. The van der Waals surface area contributed by atoms with Crippen LogP contribution in [0.15, 0.2) is 0 Å². The molecule has 112 valence electrons. The van der Waals surface area contributed by atoms with Crippen molar-refractivity contribution in [3.8, 4) is 0 Å².